The molecule has 1 rings (SSSR count). The van der Waals surface area contributed by atoms with Crippen LogP contribution in [0.2, 0.25) is 0 Å². The van der Waals surface area contributed by atoms with Gasteiger partial charge in [-0.15, -0.1) is 11.8 Å². The van der Waals surface area contributed by atoms with E-state index < -0.39 is 12.0 Å². The Morgan fingerprint density at radius 2 is 2.16 bits per heavy atom. The molecule has 0 aliphatic heterocycles. The maximum absolute atomic E-state index is 11.6. The van der Waals surface area contributed by atoms with Gasteiger partial charge < -0.3 is 15.7 Å². The van der Waals surface area contributed by atoms with E-state index in [1.54, 1.807) is 13.0 Å². The highest BCUT2D eigenvalue weighted by molar-refractivity contribution is 9.10. The smallest absolute Gasteiger partial charge is 0.337 e. The number of carboxylic acids is 1. The minimum absolute atomic E-state index is 0.0340. The summed E-state index contributed by atoms with van der Waals surface area (Å²) in [6, 6.07) is 4.10. The summed E-state index contributed by atoms with van der Waals surface area (Å²) in [6.45, 7) is 2.13. The Bertz CT molecular complexity index is 547. The summed E-state index contributed by atoms with van der Waals surface area (Å²) in [6.07, 6.45) is 0.550. The second-order valence-corrected chi connectivity index (χ2v) is 4.47. The number of aromatic carboxylic acids is 1. The largest absolute Gasteiger partial charge is 0.478 e. The molecule has 2 amide bonds. The fourth-order valence-electron chi connectivity index (χ4n) is 1.34. The van der Waals surface area contributed by atoms with Crippen LogP contribution in [0.25, 0.3) is 0 Å². The number of amides is 2. The molecule has 0 aliphatic rings. The molecule has 0 radical (unpaired) electrons. The van der Waals surface area contributed by atoms with Crippen molar-refractivity contribution in [3.8, 4) is 11.8 Å². The quantitative estimate of drug-likeness (QED) is 0.588. The lowest BCUT2D eigenvalue weighted by atomic mass is 10.2. The highest BCUT2D eigenvalue weighted by Crippen LogP contribution is 2.21. The standard InChI is InChI=1S/C13H13BrN2O3/c1-2-3-4-7-15-13(19)16-11-8-9(14)5-6-10(11)12(17)18/h5-6,8H,4,7H2,1H3,(H,17,18)(H2,15,16,19). The van der Waals surface area contributed by atoms with E-state index in [-0.39, 0.29) is 11.3 Å². The molecular weight excluding hydrogens is 312 g/mol. The number of hydrogen-bond acceptors (Lipinski definition) is 2. The topological polar surface area (TPSA) is 78.4 Å². The molecule has 0 saturated heterocycles. The van der Waals surface area contributed by atoms with E-state index >= 15 is 0 Å². The van der Waals surface area contributed by atoms with Crippen LogP contribution < -0.4 is 10.6 Å². The second kappa shape index (κ2) is 7.44. The summed E-state index contributed by atoms with van der Waals surface area (Å²) in [5.74, 6) is 4.43. The molecule has 100 valence electrons. The van der Waals surface area contributed by atoms with E-state index in [1.165, 1.54) is 12.1 Å². The fraction of sp³-hybridized carbons (Fsp3) is 0.231. The Morgan fingerprint density at radius 3 is 2.79 bits per heavy atom. The number of nitrogens with one attached hydrogen (secondary N) is 2. The molecule has 0 spiro atoms. The molecule has 0 aromatic heterocycles. The number of benzene rings is 1. The van der Waals surface area contributed by atoms with E-state index in [9.17, 15) is 9.59 Å². The molecule has 3 N–H and O–H groups in total. The van der Waals surface area contributed by atoms with E-state index in [0.29, 0.717) is 17.4 Å². The molecule has 0 atom stereocenters. The van der Waals surface area contributed by atoms with Gasteiger partial charge in [-0.3, -0.25) is 0 Å². The first-order valence-electron chi connectivity index (χ1n) is 5.52. The van der Waals surface area contributed by atoms with Gasteiger partial charge in [0.15, 0.2) is 0 Å². The normalized spacial score (nSPS) is 9.16. The molecule has 19 heavy (non-hydrogen) atoms. The van der Waals surface area contributed by atoms with Crippen LogP contribution in [0.1, 0.15) is 23.7 Å². The molecule has 0 fully saturated rings. The van der Waals surface area contributed by atoms with E-state index in [2.05, 4.69) is 38.4 Å². The summed E-state index contributed by atoms with van der Waals surface area (Å²) in [7, 11) is 0. The average molecular weight is 325 g/mol. The van der Waals surface area contributed by atoms with Crippen LogP contribution in [0, 0.1) is 11.8 Å². The molecule has 0 bridgehead atoms. The third-order valence-corrected chi connectivity index (χ3v) is 2.67. The van der Waals surface area contributed by atoms with Gasteiger partial charge in [-0.05, 0) is 25.1 Å². The lowest BCUT2D eigenvalue weighted by molar-refractivity contribution is 0.0698. The fourth-order valence-corrected chi connectivity index (χ4v) is 1.70. The Balaban J connectivity index is 2.69. The number of carbonyl (C=O) groups is 2. The Labute approximate surface area is 119 Å². The maximum atomic E-state index is 11.6. The monoisotopic (exact) mass is 324 g/mol. The number of anilines is 1. The first-order chi connectivity index (χ1) is 9.04. The highest BCUT2D eigenvalue weighted by Gasteiger charge is 2.12. The van der Waals surface area contributed by atoms with Crippen molar-refractivity contribution >= 4 is 33.6 Å². The van der Waals surface area contributed by atoms with Crippen LogP contribution >= 0.6 is 15.9 Å². The van der Waals surface area contributed by atoms with Crippen LogP contribution in [-0.2, 0) is 0 Å². The van der Waals surface area contributed by atoms with Gasteiger partial charge in [0.05, 0.1) is 11.3 Å². The van der Waals surface area contributed by atoms with Crippen molar-refractivity contribution in [3.63, 3.8) is 0 Å². The van der Waals surface area contributed by atoms with E-state index in [4.69, 9.17) is 5.11 Å². The molecule has 1 aromatic rings. The number of halogens is 1. The summed E-state index contributed by atoms with van der Waals surface area (Å²) in [5.41, 5.74) is 0.271. The second-order valence-electron chi connectivity index (χ2n) is 3.55. The maximum Gasteiger partial charge on any atom is 0.337 e. The van der Waals surface area contributed by atoms with Gasteiger partial charge in [-0.2, -0.15) is 0 Å². The lowest BCUT2D eigenvalue weighted by Crippen LogP contribution is -2.30. The van der Waals surface area contributed by atoms with E-state index in [1.807, 2.05) is 0 Å². The molecular formula is C13H13BrN2O3. The van der Waals surface area contributed by atoms with Gasteiger partial charge in [-0.25, -0.2) is 9.59 Å². The predicted octanol–water partition coefficient (Wildman–Crippen LogP) is 2.68. The molecule has 1 aromatic carbocycles. The zero-order valence-electron chi connectivity index (χ0n) is 10.3. The molecule has 0 saturated carbocycles. The van der Waals surface area contributed by atoms with E-state index in [0.717, 1.165) is 0 Å². The van der Waals surface area contributed by atoms with Crippen LogP contribution in [0.4, 0.5) is 10.5 Å². The SMILES string of the molecule is CC#CCCNC(=O)Nc1cc(Br)ccc1C(=O)O. The lowest BCUT2D eigenvalue weighted by Gasteiger charge is -2.09. The minimum atomic E-state index is -1.10. The van der Waals surface area contributed by atoms with Gasteiger partial charge in [0, 0.05) is 17.4 Å². The van der Waals surface area contributed by atoms with Crippen LogP contribution in [0.3, 0.4) is 0 Å². The van der Waals surface area contributed by atoms with Crippen molar-refractivity contribution in [2.75, 3.05) is 11.9 Å². The molecule has 0 unspecified atom stereocenters. The molecule has 0 heterocycles. The Hall–Kier alpha value is -2.00. The summed E-state index contributed by atoms with van der Waals surface area (Å²) >= 11 is 3.23. The summed E-state index contributed by atoms with van der Waals surface area (Å²) in [4.78, 5) is 22.6. The number of hydrogen-bond donors (Lipinski definition) is 3. The number of carbonyl (C=O) groups excluding carboxylic acids is 1. The number of carboxylic acid groups (broad SMARTS) is 1. The van der Waals surface area contributed by atoms with Gasteiger partial charge >= 0.3 is 12.0 Å². The zero-order chi connectivity index (χ0) is 14.3. The summed E-state index contributed by atoms with van der Waals surface area (Å²) in [5, 5.41) is 14.1. The first-order valence-corrected chi connectivity index (χ1v) is 6.31. The van der Waals surface area contributed by atoms with Crippen molar-refractivity contribution in [1.82, 2.24) is 5.32 Å². The zero-order valence-corrected chi connectivity index (χ0v) is 11.9. The average Bonchev–Trinajstić information content (AvgIpc) is 2.34. The number of rotatable bonds is 4. The first kappa shape index (κ1) is 15.1. The van der Waals surface area contributed by atoms with Gasteiger partial charge in [0.1, 0.15) is 0 Å². The van der Waals surface area contributed by atoms with Crippen molar-refractivity contribution in [1.29, 1.82) is 0 Å². The van der Waals surface area contributed by atoms with Crippen LogP contribution in [0.5, 0.6) is 0 Å². The molecule has 5 nitrogen and oxygen atoms in total. The molecule has 6 heteroatoms. The summed E-state index contributed by atoms with van der Waals surface area (Å²) < 4.78 is 0.685. The Morgan fingerprint density at radius 1 is 1.42 bits per heavy atom. The van der Waals surface area contributed by atoms with Crippen molar-refractivity contribution in [2.45, 2.75) is 13.3 Å². The third-order valence-electron chi connectivity index (χ3n) is 2.17. The third kappa shape index (κ3) is 5.02. The predicted molar refractivity (Wildman–Crippen MR) is 76.2 cm³/mol. The van der Waals surface area contributed by atoms with Crippen LogP contribution in [0.15, 0.2) is 22.7 Å². The Kier molecular flexibility index (Phi) is 5.90. The minimum Gasteiger partial charge on any atom is -0.478 e. The van der Waals surface area contributed by atoms with Crippen molar-refractivity contribution < 1.29 is 14.7 Å². The van der Waals surface area contributed by atoms with Gasteiger partial charge in [0.2, 0.25) is 0 Å². The van der Waals surface area contributed by atoms with Crippen LogP contribution in [-0.4, -0.2) is 23.7 Å². The number of urea groups is 1. The van der Waals surface area contributed by atoms with Crippen molar-refractivity contribution in [3.05, 3.63) is 28.2 Å². The van der Waals surface area contributed by atoms with Gasteiger partial charge in [-0.1, -0.05) is 15.9 Å². The highest BCUT2D eigenvalue weighted by atomic mass is 79.9. The van der Waals surface area contributed by atoms with Gasteiger partial charge in [0.25, 0.3) is 0 Å². The van der Waals surface area contributed by atoms with Crippen molar-refractivity contribution in [2.24, 2.45) is 0 Å². The molecule has 0 aliphatic carbocycles.